The zero-order valence-corrected chi connectivity index (χ0v) is 12.6. The zero-order valence-electron chi connectivity index (χ0n) is 11.0. The molecule has 0 fully saturated rings. The predicted molar refractivity (Wildman–Crippen MR) is 76.8 cm³/mol. The van der Waals surface area contributed by atoms with Crippen LogP contribution in [0.4, 0.5) is 0 Å². The summed E-state index contributed by atoms with van der Waals surface area (Å²) in [5.74, 6) is -0.693. The number of carbonyl (C=O) groups excluding carboxylic acids is 1. The molecule has 0 saturated heterocycles. The van der Waals surface area contributed by atoms with E-state index in [0.717, 1.165) is 6.42 Å². The molecule has 1 rings (SSSR count). The smallest absolute Gasteiger partial charge is 0.238 e. The Morgan fingerprint density at radius 1 is 1.37 bits per heavy atom. The number of sulfone groups is 1. The Balaban J connectivity index is 2.81. The van der Waals surface area contributed by atoms with E-state index in [4.69, 9.17) is 11.6 Å². The Labute approximate surface area is 119 Å². The van der Waals surface area contributed by atoms with Crippen molar-refractivity contribution in [2.45, 2.75) is 31.3 Å². The first-order valence-electron chi connectivity index (χ1n) is 6.11. The fraction of sp³-hybridized carbons (Fsp3) is 0.462. The number of rotatable bonds is 6. The summed E-state index contributed by atoms with van der Waals surface area (Å²) in [6.07, 6.45) is 0.767. The number of nitrogens with one attached hydrogen (secondary N) is 1. The van der Waals surface area contributed by atoms with Crippen molar-refractivity contribution < 1.29 is 13.2 Å². The van der Waals surface area contributed by atoms with E-state index < -0.39 is 21.0 Å². The molecule has 19 heavy (non-hydrogen) atoms. The first-order valence-corrected chi connectivity index (χ1v) is 8.20. The van der Waals surface area contributed by atoms with Crippen LogP contribution in [0.3, 0.4) is 0 Å². The van der Waals surface area contributed by atoms with Crippen molar-refractivity contribution in [3.8, 4) is 0 Å². The lowest BCUT2D eigenvalue weighted by atomic mass is 10.2. The largest absolute Gasteiger partial charge is 0.355 e. The highest BCUT2D eigenvalue weighted by Crippen LogP contribution is 2.19. The molecule has 0 aliphatic carbocycles. The van der Waals surface area contributed by atoms with Crippen molar-refractivity contribution in [1.82, 2.24) is 5.32 Å². The number of hydrogen-bond acceptors (Lipinski definition) is 3. The highest BCUT2D eigenvalue weighted by molar-refractivity contribution is 7.92. The van der Waals surface area contributed by atoms with E-state index in [1.165, 1.54) is 6.92 Å². The van der Waals surface area contributed by atoms with Crippen LogP contribution in [0.5, 0.6) is 0 Å². The van der Waals surface area contributed by atoms with Crippen LogP contribution in [-0.4, -0.2) is 26.1 Å². The van der Waals surface area contributed by atoms with Gasteiger partial charge in [-0.3, -0.25) is 4.79 Å². The van der Waals surface area contributed by atoms with Crippen molar-refractivity contribution in [1.29, 1.82) is 0 Å². The Bertz CT molecular complexity index is 543. The van der Waals surface area contributed by atoms with E-state index in [-0.39, 0.29) is 5.75 Å². The van der Waals surface area contributed by atoms with Gasteiger partial charge in [-0.1, -0.05) is 36.7 Å². The number of halogens is 1. The van der Waals surface area contributed by atoms with Gasteiger partial charge in [-0.2, -0.15) is 0 Å². The summed E-state index contributed by atoms with van der Waals surface area (Å²) in [4.78, 5) is 11.7. The molecule has 1 unspecified atom stereocenters. The van der Waals surface area contributed by atoms with Gasteiger partial charge in [-0.25, -0.2) is 8.42 Å². The minimum atomic E-state index is -3.56. The van der Waals surface area contributed by atoms with Crippen molar-refractivity contribution in [3.63, 3.8) is 0 Å². The molecular formula is C13H18ClNO3S. The molecule has 1 amide bonds. The normalized spacial score (nSPS) is 13.0. The molecule has 0 bridgehead atoms. The van der Waals surface area contributed by atoms with Gasteiger partial charge in [0.05, 0.1) is 5.75 Å². The molecule has 1 aromatic carbocycles. The first kappa shape index (κ1) is 16.0. The second-order valence-corrected chi connectivity index (χ2v) is 7.06. The van der Waals surface area contributed by atoms with E-state index in [0.29, 0.717) is 17.1 Å². The maximum atomic E-state index is 12.1. The number of amides is 1. The zero-order chi connectivity index (χ0) is 14.5. The minimum absolute atomic E-state index is 0.229. The second-order valence-electron chi connectivity index (χ2n) is 4.33. The molecule has 0 aliphatic rings. The molecule has 0 saturated carbocycles. The van der Waals surface area contributed by atoms with Crippen LogP contribution in [0.15, 0.2) is 24.3 Å². The molecule has 1 atom stereocenters. The van der Waals surface area contributed by atoms with Crippen LogP contribution in [0, 0.1) is 0 Å². The van der Waals surface area contributed by atoms with E-state index in [1.807, 2.05) is 6.92 Å². The molecule has 106 valence electrons. The lowest BCUT2D eigenvalue weighted by Crippen LogP contribution is -2.38. The Kier molecular flexibility index (Phi) is 5.82. The third-order valence-corrected chi connectivity index (χ3v) is 5.15. The van der Waals surface area contributed by atoms with Gasteiger partial charge < -0.3 is 5.32 Å². The first-order chi connectivity index (χ1) is 8.88. The molecule has 1 N–H and O–H groups in total. The van der Waals surface area contributed by atoms with Gasteiger partial charge >= 0.3 is 0 Å². The predicted octanol–water partition coefficient (Wildman–Crippen LogP) is 2.17. The summed E-state index contributed by atoms with van der Waals surface area (Å²) in [7, 11) is -3.56. The lowest BCUT2D eigenvalue weighted by molar-refractivity contribution is -0.120. The fourth-order valence-corrected chi connectivity index (χ4v) is 3.14. The topological polar surface area (TPSA) is 63.2 Å². The summed E-state index contributed by atoms with van der Waals surface area (Å²) in [5, 5.41) is 1.91. The van der Waals surface area contributed by atoms with E-state index in [1.54, 1.807) is 24.3 Å². The van der Waals surface area contributed by atoms with Crippen LogP contribution < -0.4 is 5.32 Å². The Morgan fingerprint density at radius 2 is 2.00 bits per heavy atom. The third kappa shape index (κ3) is 4.51. The molecular weight excluding hydrogens is 286 g/mol. The average molecular weight is 304 g/mol. The van der Waals surface area contributed by atoms with Gasteiger partial charge in [0.25, 0.3) is 0 Å². The highest BCUT2D eigenvalue weighted by atomic mass is 35.5. The van der Waals surface area contributed by atoms with Gasteiger partial charge in [0.1, 0.15) is 5.25 Å². The minimum Gasteiger partial charge on any atom is -0.355 e. The average Bonchev–Trinajstić information content (AvgIpc) is 2.37. The monoisotopic (exact) mass is 303 g/mol. The molecule has 0 heterocycles. The third-order valence-electron chi connectivity index (χ3n) is 2.77. The van der Waals surface area contributed by atoms with E-state index in [9.17, 15) is 13.2 Å². The lowest BCUT2D eigenvalue weighted by Gasteiger charge is -2.13. The van der Waals surface area contributed by atoms with Crippen LogP contribution in [-0.2, 0) is 20.4 Å². The van der Waals surface area contributed by atoms with Crippen LogP contribution in [0.25, 0.3) is 0 Å². The maximum absolute atomic E-state index is 12.1. The van der Waals surface area contributed by atoms with Gasteiger partial charge in [0, 0.05) is 11.6 Å². The molecule has 4 nitrogen and oxygen atoms in total. The summed E-state index contributed by atoms with van der Waals surface area (Å²) >= 11 is 5.93. The fourth-order valence-electron chi connectivity index (χ4n) is 1.51. The molecule has 0 spiro atoms. The Hall–Kier alpha value is -1.07. The number of benzene rings is 1. The van der Waals surface area contributed by atoms with Gasteiger partial charge in [0.2, 0.25) is 5.91 Å². The van der Waals surface area contributed by atoms with Crippen molar-refractivity contribution in [2.24, 2.45) is 0 Å². The van der Waals surface area contributed by atoms with Gasteiger partial charge in [0.15, 0.2) is 9.84 Å². The molecule has 0 aromatic heterocycles. The van der Waals surface area contributed by atoms with Crippen molar-refractivity contribution in [2.75, 3.05) is 6.54 Å². The summed E-state index contributed by atoms with van der Waals surface area (Å²) in [5.41, 5.74) is 0.513. The van der Waals surface area contributed by atoms with Crippen molar-refractivity contribution >= 4 is 27.3 Å². The number of carbonyl (C=O) groups is 1. The van der Waals surface area contributed by atoms with E-state index >= 15 is 0 Å². The molecule has 0 aliphatic heterocycles. The standard InChI is InChI=1S/C13H18ClNO3S/c1-3-8-15-13(16)10(2)19(17,18)9-11-6-4-5-7-12(11)14/h4-7,10H,3,8-9H2,1-2H3,(H,15,16). The number of hydrogen-bond donors (Lipinski definition) is 1. The summed E-state index contributed by atoms with van der Waals surface area (Å²) in [6.45, 7) is 3.78. The molecule has 0 radical (unpaired) electrons. The van der Waals surface area contributed by atoms with E-state index in [2.05, 4.69) is 5.32 Å². The van der Waals surface area contributed by atoms with Crippen molar-refractivity contribution in [3.05, 3.63) is 34.9 Å². The van der Waals surface area contributed by atoms with Gasteiger partial charge in [-0.05, 0) is 25.0 Å². The second kappa shape index (κ2) is 6.91. The van der Waals surface area contributed by atoms with Crippen LogP contribution >= 0.6 is 11.6 Å². The molecule has 1 aromatic rings. The molecule has 6 heteroatoms. The summed E-state index contributed by atoms with van der Waals surface area (Å²) < 4.78 is 24.3. The highest BCUT2D eigenvalue weighted by Gasteiger charge is 2.28. The SMILES string of the molecule is CCCNC(=O)C(C)S(=O)(=O)Cc1ccccc1Cl. The quantitative estimate of drug-likeness (QED) is 0.876. The van der Waals surface area contributed by atoms with Crippen LogP contribution in [0.2, 0.25) is 5.02 Å². The van der Waals surface area contributed by atoms with Crippen LogP contribution in [0.1, 0.15) is 25.8 Å². The maximum Gasteiger partial charge on any atom is 0.238 e. The summed E-state index contributed by atoms with van der Waals surface area (Å²) in [6, 6.07) is 6.74. The Morgan fingerprint density at radius 3 is 2.58 bits per heavy atom. The van der Waals surface area contributed by atoms with Gasteiger partial charge in [-0.15, -0.1) is 0 Å².